The third-order valence-electron chi connectivity index (χ3n) is 5.85. The molecule has 4 aliphatic rings. The number of hydrogen-bond donors (Lipinski definition) is 1. The summed E-state index contributed by atoms with van der Waals surface area (Å²) in [6.45, 7) is 3.24. The minimum atomic E-state index is -0.635. The third-order valence-corrected chi connectivity index (χ3v) is 5.85. The van der Waals surface area contributed by atoms with E-state index >= 15 is 0 Å². The highest BCUT2D eigenvalue weighted by Gasteiger charge is 2.55. The van der Waals surface area contributed by atoms with Crippen LogP contribution in [0.3, 0.4) is 0 Å². The number of nitrogens with zero attached hydrogens (tertiary/aromatic N) is 1. The van der Waals surface area contributed by atoms with E-state index in [0.29, 0.717) is 68.6 Å². The molecule has 0 aromatic heterocycles. The number of allylic oxidation sites excluding steroid dienone is 3. The van der Waals surface area contributed by atoms with Gasteiger partial charge in [-0.05, 0) is 18.8 Å². The number of nitriles is 1. The van der Waals surface area contributed by atoms with Crippen molar-refractivity contribution in [1.29, 1.82) is 5.26 Å². The fourth-order valence-corrected chi connectivity index (χ4v) is 4.74. The topological polar surface area (TPSA) is 94.6 Å². The molecular weight excluding hydrogens is 308 g/mol. The molecule has 6 heteroatoms. The fraction of sp³-hybridized carbons (Fsp3) is 0.667. The first-order valence-corrected chi connectivity index (χ1v) is 8.63. The Balaban J connectivity index is 1.76. The second-order valence-corrected chi connectivity index (χ2v) is 7.38. The van der Waals surface area contributed by atoms with Crippen LogP contribution in [0.15, 0.2) is 22.8 Å². The van der Waals surface area contributed by atoms with E-state index in [1.54, 1.807) is 0 Å². The predicted molar refractivity (Wildman–Crippen MR) is 83.9 cm³/mol. The second kappa shape index (κ2) is 5.33. The van der Waals surface area contributed by atoms with Crippen molar-refractivity contribution in [3.05, 3.63) is 22.8 Å². The van der Waals surface area contributed by atoms with Gasteiger partial charge in [0.1, 0.15) is 17.4 Å². The number of fused-ring (bicyclic) bond motifs is 1. The number of ketones is 1. The van der Waals surface area contributed by atoms with Crippen LogP contribution in [-0.2, 0) is 19.0 Å². The quantitative estimate of drug-likeness (QED) is 0.732. The molecule has 24 heavy (non-hydrogen) atoms. The van der Waals surface area contributed by atoms with Crippen molar-refractivity contribution < 1.29 is 19.0 Å². The summed E-state index contributed by atoms with van der Waals surface area (Å²) in [5.41, 5.74) is 6.51. The van der Waals surface area contributed by atoms with Crippen molar-refractivity contribution in [2.24, 2.45) is 17.1 Å². The summed E-state index contributed by atoms with van der Waals surface area (Å²) in [6, 6.07) is 2.22. The Morgan fingerprint density at radius 2 is 1.83 bits per heavy atom. The molecule has 0 bridgehead atoms. The molecule has 2 N–H and O–H groups in total. The van der Waals surface area contributed by atoms with Gasteiger partial charge in [-0.15, -0.1) is 0 Å². The van der Waals surface area contributed by atoms with Crippen LogP contribution in [0, 0.1) is 22.7 Å². The average molecular weight is 330 g/mol. The van der Waals surface area contributed by atoms with Crippen molar-refractivity contribution in [2.75, 3.05) is 13.2 Å². The molecule has 6 nitrogen and oxygen atoms in total. The number of carbonyl (C=O) groups excluding carboxylic acids is 1. The van der Waals surface area contributed by atoms with Crippen LogP contribution in [0.1, 0.15) is 45.4 Å². The zero-order valence-electron chi connectivity index (χ0n) is 13.9. The smallest absolute Gasteiger partial charge is 0.205 e. The van der Waals surface area contributed by atoms with Gasteiger partial charge in [0, 0.05) is 36.7 Å². The molecule has 4 rings (SSSR count). The van der Waals surface area contributed by atoms with Crippen molar-refractivity contribution in [3.63, 3.8) is 0 Å². The molecule has 2 spiro atoms. The molecule has 0 unspecified atom stereocenters. The lowest BCUT2D eigenvalue weighted by Gasteiger charge is -2.47. The Kier molecular flexibility index (Phi) is 3.48. The van der Waals surface area contributed by atoms with Gasteiger partial charge in [0.2, 0.25) is 5.88 Å². The van der Waals surface area contributed by atoms with Crippen LogP contribution in [0.5, 0.6) is 0 Å². The molecule has 1 saturated carbocycles. The van der Waals surface area contributed by atoms with Crippen LogP contribution in [-0.4, -0.2) is 24.8 Å². The molecule has 2 heterocycles. The molecule has 2 fully saturated rings. The van der Waals surface area contributed by atoms with Gasteiger partial charge in [0.25, 0.3) is 0 Å². The lowest BCUT2D eigenvalue weighted by atomic mass is 9.59. The maximum Gasteiger partial charge on any atom is 0.205 e. The molecule has 0 amide bonds. The van der Waals surface area contributed by atoms with Crippen LogP contribution < -0.4 is 5.73 Å². The average Bonchev–Trinajstić information content (AvgIpc) is 2.98. The standard InChI is InChI=1S/C18H22N2O4/c1-11-8-13(21)15-14(9-11)24-16(20)12(10-19)17(15)2-4-18(5-3-17)22-6-7-23-18/h11H,2-9,20H2,1H3/t11-/m0/s1. The van der Waals surface area contributed by atoms with Crippen LogP contribution >= 0.6 is 0 Å². The number of hydrogen-bond acceptors (Lipinski definition) is 6. The van der Waals surface area contributed by atoms with E-state index in [2.05, 4.69) is 6.07 Å². The summed E-state index contributed by atoms with van der Waals surface area (Å²) in [4.78, 5) is 12.8. The SMILES string of the molecule is C[C@H]1CC(=O)C2=C(C1)OC(N)=C(C#N)C21CCC2(CC1)OCCO2. The third kappa shape index (κ3) is 2.11. The Morgan fingerprint density at radius 3 is 2.46 bits per heavy atom. The number of rotatable bonds is 0. The highest BCUT2D eigenvalue weighted by Crippen LogP contribution is 2.57. The maximum atomic E-state index is 12.8. The molecule has 2 aliphatic heterocycles. The van der Waals surface area contributed by atoms with Crippen molar-refractivity contribution in [1.82, 2.24) is 0 Å². The van der Waals surface area contributed by atoms with Gasteiger partial charge in [-0.1, -0.05) is 6.92 Å². The number of ether oxygens (including phenoxy) is 3. The lowest BCUT2D eigenvalue weighted by molar-refractivity contribution is -0.187. The first-order valence-electron chi connectivity index (χ1n) is 8.63. The highest BCUT2D eigenvalue weighted by molar-refractivity contribution is 5.99. The maximum absolute atomic E-state index is 12.8. The second-order valence-electron chi connectivity index (χ2n) is 7.38. The minimum absolute atomic E-state index is 0.0909. The minimum Gasteiger partial charge on any atom is -0.444 e. The van der Waals surface area contributed by atoms with Crippen molar-refractivity contribution in [2.45, 2.75) is 51.2 Å². The number of Topliss-reactive ketones (excluding diaryl/α,β-unsaturated/α-hetero) is 1. The van der Waals surface area contributed by atoms with E-state index in [9.17, 15) is 10.1 Å². The monoisotopic (exact) mass is 330 g/mol. The first kappa shape index (κ1) is 15.7. The van der Waals surface area contributed by atoms with Gasteiger partial charge >= 0.3 is 0 Å². The van der Waals surface area contributed by atoms with E-state index in [0.717, 1.165) is 0 Å². The molecule has 128 valence electrons. The predicted octanol–water partition coefficient (Wildman–Crippen LogP) is 2.27. The Bertz CT molecular complexity index is 684. The summed E-state index contributed by atoms with van der Waals surface area (Å²) in [7, 11) is 0. The molecular formula is C18H22N2O4. The molecule has 1 atom stereocenters. The molecule has 0 aromatic carbocycles. The fourth-order valence-electron chi connectivity index (χ4n) is 4.74. The van der Waals surface area contributed by atoms with Gasteiger partial charge in [-0.2, -0.15) is 5.26 Å². The molecule has 1 saturated heterocycles. The molecule has 2 aliphatic carbocycles. The van der Waals surface area contributed by atoms with Gasteiger partial charge in [0.15, 0.2) is 11.6 Å². The number of nitrogens with two attached hydrogens (primary N) is 1. The normalized spacial score (nSPS) is 31.2. The van der Waals surface area contributed by atoms with Crippen LogP contribution in [0.25, 0.3) is 0 Å². The van der Waals surface area contributed by atoms with Crippen molar-refractivity contribution >= 4 is 5.78 Å². The lowest BCUT2D eigenvalue weighted by Crippen LogP contribution is -2.46. The summed E-state index contributed by atoms with van der Waals surface area (Å²) < 4.78 is 17.3. The van der Waals surface area contributed by atoms with Crippen LogP contribution in [0.4, 0.5) is 0 Å². The van der Waals surface area contributed by atoms with E-state index < -0.39 is 11.2 Å². The number of carbonyl (C=O) groups is 1. The summed E-state index contributed by atoms with van der Waals surface area (Å²) >= 11 is 0. The van der Waals surface area contributed by atoms with E-state index in [4.69, 9.17) is 19.9 Å². The summed E-state index contributed by atoms with van der Waals surface area (Å²) in [5.74, 6) is 0.598. The van der Waals surface area contributed by atoms with Crippen molar-refractivity contribution in [3.8, 4) is 6.07 Å². The highest BCUT2D eigenvalue weighted by atomic mass is 16.7. The Hall–Kier alpha value is -1.84. The van der Waals surface area contributed by atoms with Gasteiger partial charge < -0.3 is 19.9 Å². The Morgan fingerprint density at radius 1 is 1.17 bits per heavy atom. The van der Waals surface area contributed by atoms with Gasteiger partial charge in [-0.3, -0.25) is 4.79 Å². The van der Waals surface area contributed by atoms with Gasteiger partial charge in [-0.25, -0.2) is 0 Å². The Labute approximate surface area is 141 Å². The van der Waals surface area contributed by atoms with E-state index in [-0.39, 0.29) is 17.6 Å². The van der Waals surface area contributed by atoms with E-state index in [1.165, 1.54) is 0 Å². The summed E-state index contributed by atoms with van der Waals surface area (Å²) in [5, 5.41) is 9.70. The zero-order valence-corrected chi connectivity index (χ0v) is 13.9. The first-order chi connectivity index (χ1) is 11.5. The molecule has 0 radical (unpaired) electrons. The van der Waals surface area contributed by atoms with Crippen LogP contribution in [0.2, 0.25) is 0 Å². The zero-order chi connectivity index (χ0) is 16.9. The molecule has 0 aromatic rings. The van der Waals surface area contributed by atoms with Gasteiger partial charge in [0.05, 0.1) is 13.2 Å². The van der Waals surface area contributed by atoms with E-state index in [1.807, 2.05) is 6.92 Å². The summed E-state index contributed by atoms with van der Waals surface area (Å²) in [6.07, 6.45) is 3.76. The largest absolute Gasteiger partial charge is 0.444 e.